The summed E-state index contributed by atoms with van der Waals surface area (Å²) in [4.78, 5) is 1.37. The van der Waals surface area contributed by atoms with Crippen molar-refractivity contribution in [3.8, 4) is 0 Å². The minimum absolute atomic E-state index is 0.137. The van der Waals surface area contributed by atoms with Crippen LogP contribution in [0.4, 0.5) is 71.5 Å². The van der Waals surface area contributed by atoms with Crippen LogP contribution < -0.4 is 31.9 Å². The first-order chi connectivity index (χ1) is 24.5. The average molecular weight is 824 g/mol. The quantitative estimate of drug-likeness (QED) is 0.0669. The normalized spacial score (nSPS) is 11.9. The predicted molar refractivity (Wildman–Crippen MR) is 171 cm³/mol. The molecule has 0 atom stereocenters. The predicted octanol–water partition coefficient (Wildman–Crippen LogP) is 6.37. The molecule has 0 bridgehead atoms. The molecule has 0 saturated carbocycles. The maximum Gasteiger partial charge on any atom is 0.277 e. The molecule has 0 unspecified atom stereocenters. The first-order valence-corrected chi connectivity index (χ1v) is 19.1. The maximum absolute atomic E-state index is 15.6. The van der Waals surface area contributed by atoms with Gasteiger partial charge in [0.15, 0.2) is 52.4 Å². The van der Waals surface area contributed by atoms with Gasteiger partial charge in [-0.15, -0.1) is 38.5 Å². The largest absolute Gasteiger partial charge is 0.307 e. The summed E-state index contributed by atoms with van der Waals surface area (Å²) in [5, 5.41) is -0.137. The van der Waals surface area contributed by atoms with E-state index in [1.54, 1.807) is 0 Å². The van der Waals surface area contributed by atoms with E-state index in [0.29, 0.717) is 24.3 Å². The van der Waals surface area contributed by atoms with Gasteiger partial charge < -0.3 is 4.90 Å². The van der Waals surface area contributed by atoms with Crippen molar-refractivity contribution in [1.29, 1.82) is 0 Å². The number of benzene rings is 5. The third-order valence-electron chi connectivity index (χ3n) is 8.30. The van der Waals surface area contributed by atoms with Crippen LogP contribution in [0.15, 0.2) is 54.6 Å². The lowest BCUT2D eigenvalue weighted by atomic mass is 9.12. The van der Waals surface area contributed by atoms with Crippen LogP contribution in [-0.4, -0.2) is 26.9 Å². The summed E-state index contributed by atoms with van der Waals surface area (Å²) in [5.41, 5.74) is -8.32. The molecule has 0 saturated heterocycles. The molecule has 53 heavy (non-hydrogen) atoms. The molecule has 0 aliphatic rings. The van der Waals surface area contributed by atoms with E-state index in [9.17, 15) is 39.5 Å². The summed E-state index contributed by atoms with van der Waals surface area (Å²) in [7, 11) is 4.24. The molecule has 0 aromatic heterocycles. The molecule has 5 rings (SSSR count). The molecule has 20 heteroatoms. The van der Waals surface area contributed by atoms with Crippen molar-refractivity contribution in [2.24, 2.45) is 0 Å². The molecule has 5 aromatic carbocycles. The summed E-state index contributed by atoms with van der Waals surface area (Å²) < 4.78 is 223. The van der Waals surface area contributed by atoms with Crippen LogP contribution in [0.3, 0.4) is 0 Å². The Hall–Kier alpha value is -4.13. The van der Waals surface area contributed by atoms with Crippen molar-refractivity contribution in [1.82, 2.24) is 0 Å². The van der Waals surface area contributed by atoms with Gasteiger partial charge in [0.25, 0.3) is 6.69 Å². The van der Waals surface area contributed by atoms with Gasteiger partial charge in [-0.2, -0.15) is 5.46 Å². The van der Waals surface area contributed by atoms with E-state index in [1.165, 1.54) is 17.1 Å². The fraction of sp³-hybridized carbons (Fsp3) is 0.0909. The Morgan fingerprint density at radius 3 is 0.906 bits per heavy atom. The molecule has 282 valence electrons. The Bertz CT molecular complexity index is 1960. The van der Waals surface area contributed by atoms with Crippen LogP contribution >= 0.6 is 22.2 Å². The first-order valence-electron chi connectivity index (χ1n) is 14.6. The molecular formula is C33H19BCl2F15NSi. The van der Waals surface area contributed by atoms with Gasteiger partial charge in [0, 0.05) is 0 Å². The summed E-state index contributed by atoms with van der Waals surface area (Å²) in [5.74, 6) is -46.0. The fourth-order valence-corrected chi connectivity index (χ4v) is 7.28. The lowest BCUT2D eigenvalue weighted by Crippen LogP contribution is -3.00. The van der Waals surface area contributed by atoms with E-state index in [4.69, 9.17) is 22.2 Å². The summed E-state index contributed by atoms with van der Waals surface area (Å²) in [6.45, 7) is -2.29. The van der Waals surface area contributed by atoms with Gasteiger partial charge in [0.1, 0.15) is 46.7 Å². The van der Waals surface area contributed by atoms with Crippen LogP contribution in [0.5, 0.6) is 0 Å². The molecule has 0 amide bonds. The van der Waals surface area contributed by atoms with E-state index in [2.05, 4.69) is 38.4 Å². The highest BCUT2D eigenvalue weighted by Crippen LogP contribution is 2.28. The number of para-hydroxylation sites is 1. The molecule has 1 N–H and O–H groups in total. The van der Waals surface area contributed by atoms with Gasteiger partial charge in [0.05, 0.1) is 14.1 Å². The standard InChI is InChI=1S/C25H7BCl2F15Si.C8H11N/c1-44(27,28)7-4-2-6(3-5-7)26(8-11(29)17(35)23(41)18(36)12(8)30,9-13(31)19(37)24(42)20(38)14(9)32)10-15(33)21(39)25(43)22(40)16(10)34;1-9(2)8-6-4-3-5-7-8/h2-5H,1H3;3-7H,1-2H3/q-1;/p+1. The van der Waals surface area contributed by atoms with Crippen molar-refractivity contribution >= 4 is 67.7 Å². The SMILES string of the molecule is C[NH+](C)c1ccccc1.C[Si](Cl)(Cl)c1ccc([B-](c2c(F)c(F)c(F)c(F)c2F)(c2c(F)c(F)c(F)c(F)c2F)c2c(F)c(F)c(F)c(F)c2F)cc1. The highest BCUT2D eigenvalue weighted by Gasteiger charge is 2.49. The van der Waals surface area contributed by atoms with Crippen molar-refractivity contribution in [2.75, 3.05) is 14.1 Å². The first kappa shape index (κ1) is 41.6. The van der Waals surface area contributed by atoms with Crippen molar-refractivity contribution in [3.63, 3.8) is 0 Å². The third-order valence-corrected chi connectivity index (χ3v) is 11.0. The number of halogens is 17. The number of rotatable bonds is 6. The minimum atomic E-state index is -5.84. The van der Waals surface area contributed by atoms with Crippen molar-refractivity contribution in [3.05, 3.63) is 142 Å². The number of hydrogen-bond donors (Lipinski definition) is 1. The molecule has 0 aliphatic heterocycles. The van der Waals surface area contributed by atoms with Gasteiger partial charge in [-0.3, -0.25) is 0 Å². The van der Waals surface area contributed by atoms with Crippen LogP contribution in [-0.2, 0) is 0 Å². The second kappa shape index (κ2) is 15.3. The zero-order valence-electron chi connectivity index (χ0n) is 26.7. The average Bonchev–Trinajstić information content (AvgIpc) is 3.13. The molecule has 0 spiro atoms. The van der Waals surface area contributed by atoms with Gasteiger partial charge >= 0.3 is 0 Å². The van der Waals surface area contributed by atoms with E-state index >= 15 is 26.3 Å². The maximum atomic E-state index is 15.6. The topological polar surface area (TPSA) is 4.44 Å². The monoisotopic (exact) mass is 823 g/mol. The minimum Gasteiger partial charge on any atom is -0.307 e. The number of hydrogen-bond acceptors (Lipinski definition) is 0. The van der Waals surface area contributed by atoms with Gasteiger partial charge in [-0.05, 0) is 23.9 Å². The lowest BCUT2D eigenvalue weighted by molar-refractivity contribution is -0.786. The lowest BCUT2D eigenvalue weighted by Gasteiger charge is -2.44. The fourth-order valence-electron chi connectivity index (χ4n) is 5.78. The highest BCUT2D eigenvalue weighted by molar-refractivity contribution is 7.50. The van der Waals surface area contributed by atoms with Crippen LogP contribution in [0.1, 0.15) is 0 Å². The second-order valence-electron chi connectivity index (χ2n) is 11.7. The van der Waals surface area contributed by atoms with E-state index < -0.39 is 122 Å². The van der Waals surface area contributed by atoms with Crippen LogP contribution in [0.2, 0.25) is 6.55 Å². The van der Waals surface area contributed by atoms with E-state index in [0.717, 1.165) is 0 Å². The summed E-state index contributed by atoms with van der Waals surface area (Å²) >= 11 is 12.1. The molecule has 0 heterocycles. The van der Waals surface area contributed by atoms with E-state index in [-0.39, 0.29) is 5.19 Å². The zero-order chi connectivity index (χ0) is 40.1. The van der Waals surface area contributed by atoms with Gasteiger partial charge in [0.2, 0.25) is 0 Å². The van der Waals surface area contributed by atoms with Crippen molar-refractivity contribution < 1.29 is 70.8 Å². The molecule has 1 nitrogen and oxygen atoms in total. The van der Waals surface area contributed by atoms with Gasteiger partial charge in [-0.1, -0.05) is 42.5 Å². The molecular weight excluding hydrogens is 805 g/mol. The second-order valence-corrected chi connectivity index (χ2v) is 19.2. The number of quaternary nitrogens is 1. The Balaban J connectivity index is 0.000000608. The smallest absolute Gasteiger partial charge is 0.277 e. The molecule has 0 radical (unpaired) electrons. The van der Waals surface area contributed by atoms with Crippen LogP contribution in [0.25, 0.3) is 0 Å². The molecule has 5 aromatic rings. The zero-order valence-corrected chi connectivity index (χ0v) is 29.2. The summed E-state index contributed by atoms with van der Waals surface area (Å²) in [6.07, 6.45) is -5.84. The Labute approximate surface area is 300 Å². The van der Waals surface area contributed by atoms with Crippen LogP contribution in [0, 0.1) is 87.3 Å². The Kier molecular flexibility index (Phi) is 12.0. The van der Waals surface area contributed by atoms with Gasteiger partial charge in [-0.25, -0.2) is 65.9 Å². The summed E-state index contributed by atoms with van der Waals surface area (Å²) in [6, 6.07) is 12.5. The van der Waals surface area contributed by atoms with E-state index in [1.807, 2.05) is 6.07 Å². The Morgan fingerprint density at radius 2 is 0.679 bits per heavy atom. The highest BCUT2D eigenvalue weighted by atomic mass is 35.7. The third kappa shape index (κ3) is 7.01. The molecule has 0 aliphatic carbocycles. The van der Waals surface area contributed by atoms with Crippen molar-refractivity contribution in [2.45, 2.75) is 6.55 Å². The Morgan fingerprint density at radius 1 is 0.415 bits per heavy atom. The molecule has 0 fully saturated rings. The number of nitrogens with one attached hydrogen (secondary N) is 1.